The molecule has 0 aromatic carbocycles. The number of hydrogen-bond acceptors (Lipinski definition) is 6. The van der Waals surface area contributed by atoms with E-state index in [-0.39, 0.29) is 4.90 Å². The standard InChI is InChI=1S/C11H17N5O2S2/c1-2-12-4-3-6-16-9-10(8-14-16)20(17,18)15-11-13-5-7-19-11/h5,7-9,12H,2-4,6H2,1H3,(H,13,15). The van der Waals surface area contributed by atoms with Gasteiger partial charge in [-0.1, -0.05) is 6.92 Å². The molecule has 0 unspecified atom stereocenters. The van der Waals surface area contributed by atoms with E-state index in [0.717, 1.165) is 19.5 Å². The molecule has 20 heavy (non-hydrogen) atoms. The van der Waals surface area contributed by atoms with Crippen LogP contribution in [0.3, 0.4) is 0 Å². The van der Waals surface area contributed by atoms with Crippen molar-refractivity contribution >= 4 is 26.5 Å². The minimum Gasteiger partial charge on any atom is -0.317 e. The Balaban J connectivity index is 1.97. The number of sulfonamides is 1. The summed E-state index contributed by atoms with van der Waals surface area (Å²) < 4.78 is 28.2. The van der Waals surface area contributed by atoms with Crippen molar-refractivity contribution in [2.24, 2.45) is 0 Å². The second kappa shape index (κ2) is 6.82. The van der Waals surface area contributed by atoms with Crippen molar-refractivity contribution in [3.05, 3.63) is 24.0 Å². The SMILES string of the molecule is CCNCCCn1cc(S(=O)(=O)Nc2nccs2)cn1. The lowest BCUT2D eigenvalue weighted by atomic mass is 10.4. The summed E-state index contributed by atoms with van der Waals surface area (Å²) in [6.07, 6.45) is 5.33. The van der Waals surface area contributed by atoms with Crippen LogP contribution in [0.1, 0.15) is 13.3 Å². The van der Waals surface area contributed by atoms with Crippen LogP contribution >= 0.6 is 11.3 Å². The van der Waals surface area contributed by atoms with E-state index in [1.54, 1.807) is 16.3 Å². The molecule has 110 valence electrons. The van der Waals surface area contributed by atoms with Gasteiger partial charge in [-0.3, -0.25) is 9.40 Å². The second-order valence-electron chi connectivity index (χ2n) is 4.09. The number of anilines is 1. The predicted octanol–water partition coefficient (Wildman–Crippen LogP) is 1.14. The number of aromatic nitrogens is 3. The highest BCUT2D eigenvalue weighted by Crippen LogP contribution is 2.17. The molecule has 0 saturated heterocycles. The third kappa shape index (κ3) is 4.02. The maximum atomic E-state index is 12.1. The molecule has 0 aliphatic heterocycles. The van der Waals surface area contributed by atoms with Crippen molar-refractivity contribution < 1.29 is 8.42 Å². The van der Waals surface area contributed by atoms with E-state index in [1.807, 2.05) is 6.92 Å². The first-order valence-electron chi connectivity index (χ1n) is 6.27. The van der Waals surface area contributed by atoms with Crippen LogP contribution in [0.2, 0.25) is 0 Å². The first-order valence-corrected chi connectivity index (χ1v) is 8.63. The fourth-order valence-electron chi connectivity index (χ4n) is 1.60. The van der Waals surface area contributed by atoms with Crippen LogP contribution in [0.15, 0.2) is 28.9 Å². The normalized spacial score (nSPS) is 11.7. The largest absolute Gasteiger partial charge is 0.317 e. The van der Waals surface area contributed by atoms with Crippen molar-refractivity contribution in [3.8, 4) is 0 Å². The van der Waals surface area contributed by atoms with E-state index >= 15 is 0 Å². The Bertz CT molecular complexity index is 621. The van der Waals surface area contributed by atoms with Crippen LogP contribution in [-0.4, -0.2) is 36.3 Å². The van der Waals surface area contributed by atoms with Crippen LogP contribution in [0.5, 0.6) is 0 Å². The molecule has 0 bridgehead atoms. The van der Waals surface area contributed by atoms with Crippen molar-refractivity contribution in [1.82, 2.24) is 20.1 Å². The van der Waals surface area contributed by atoms with Crippen molar-refractivity contribution in [1.29, 1.82) is 0 Å². The molecule has 0 aliphatic carbocycles. The van der Waals surface area contributed by atoms with Gasteiger partial charge in [-0.05, 0) is 19.5 Å². The van der Waals surface area contributed by atoms with E-state index in [0.29, 0.717) is 11.7 Å². The van der Waals surface area contributed by atoms with Gasteiger partial charge >= 0.3 is 0 Å². The molecule has 2 aromatic rings. The summed E-state index contributed by atoms with van der Waals surface area (Å²) in [6.45, 7) is 4.54. The third-order valence-corrected chi connectivity index (χ3v) is 4.68. The smallest absolute Gasteiger partial charge is 0.266 e. The van der Waals surface area contributed by atoms with E-state index in [2.05, 4.69) is 20.1 Å². The quantitative estimate of drug-likeness (QED) is 0.713. The Morgan fingerprint density at radius 1 is 1.45 bits per heavy atom. The van der Waals surface area contributed by atoms with Gasteiger partial charge < -0.3 is 5.32 Å². The van der Waals surface area contributed by atoms with Gasteiger partial charge in [0.25, 0.3) is 10.0 Å². The number of nitrogens with one attached hydrogen (secondary N) is 2. The summed E-state index contributed by atoms with van der Waals surface area (Å²) in [5, 5.41) is 9.33. The van der Waals surface area contributed by atoms with Crippen LogP contribution in [0.4, 0.5) is 5.13 Å². The third-order valence-electron chi connectivity index (χ3n) is 2.56. The first kappa shape index (κ1) is 14.9. The molecule has 9 heteroatoms. The van der Waals surface area contributed by atoms with Crippen molar-refractivity contribution in [2.45, 2.75) is 24.8 Å². The molecular weight excluding hydrogens is 298 g/mol. The molecular formula is C11H17N5O2S2. The molecule has 2 rings (SSSR count). The molecule has 0 radical (unpaired) electrons. The summed E-state index contributed by atoms with van der Waals surface area (Å²) >= 11 is 1.23. The number of thiazole rings is 1. The minimum atomic E-state index is -3.60. The van der Waals surface area contributed by atoms with E-state index < -0.39 is 10.0 Å². The Kier molecular flexibility index (Phi) is 5.10. The van der Waals surface area contributed by atoms with Gasteiger partial charge in [0.2, 0.25) is 0 Å². The average molecular weight is 315 g/mol. The summed E-state index contributed by atoms with van der Waals surface area (Å²) in [5.41, 5.74) is 0. The highest BCUT2D eigenvalue weighted by molar-refractivity contribution is 7.93. The Hall–Kier alpha value is -1.45. The average Bonchev–Trinajstić information content (AvgIpc) is 3.05. The van der Waals surface area contributed by atoms with Crippen LogP contribution in [0.25, 0.3) is 0 Å². The van der Waals surface area contributed by atoms with Gasteiger partial charge in [-0.2, -0.15) is 5.10 Å². The van der Waals surface area contributed by atoms with Gasteiger partial charge in [-0.25, -0.2) is 13.4 Å². The summed E-state index contributed by atoms with van der Waals surface area (Å²) in [6, 6.07) is 0. The van der Waals surface area contributed by atoms with Crippen molar-refractivity contribution in [2.75, 3.05) is 17.8 Å². The second-order valence-corrected chi connectivity index (χ2v) is 6.67. The van der Waals surface area contributed by atoms with E-state index in [1.165, 1.54) is 23.7 Å². The lowest BCUT2D eigenvalue weighted by Crippen LogP contribution is -2.16. The summed E-state index contributed by atoms with van der Waals surface area (Å²) in [4.78, 5) is 4.05. The van der Waals surface area contributed by atoms with Gasteiger partial charge in [0, 0.05) is 24.3 Å². The van der Waals surface area contributed by atoms with Crippen LogP contribution < -0.4 is 10.0 Å². The van der Waals surface area contributed by atoms with Gasteiger partial charge in [0.05, 0.1) is 6.20 Å². The fraction of sp³-hybridized carbons (Fsp3) is 0.455. The number of rotatable bonds is 8. The minimum absolute atomic E-state index is 0.149. The maximum absolute atomic E-state index is 12.1. The predicted molar refractivity (Wildman–Crippen MR) is 78.3 cm³/mol. The molecule has 0 saturated carbocycles. The number of nitrogens with zero attached hydrogens (tertiary/aromatic N) is 3. The highest BCUT2D eigenvalue weighted by atomic mass is 32.2. The van der Waals surface area contributed by atoms with Gasteiger partial charge in [0.1, 0.15) is 4.90 Å². The lowest BCUT2D eigenvalue weighted by Gasteiger charge is -2.03. The van der Waals surface area contributed by atoms with E-state index in [9.17, 15) is 8.42 Å². The molecule has 0 amide bonds. The summed E-state index contributed by atoms with van der Waals surface area (Å²) in [5.74, 6) is 0. The van der Waals surface area contributed by atoms with E-state index in [4.69, 9.17) is 0 Å². The molecule has 0 aliphatic rings. The monoisotopic (exact) mass is 315 g/mol. The van der Waals surface area contributed by atoms with Crippen molar-refractivity contribution in [3.63, 3.8) is 0 Å². The maximum Gasteiger partial charge on any atom is 0.266 e. The molecule has 2 aromatic heterocycles. The fourth-order valence-corrected chi connectivity index (χ4v) is 3.34. The number of hydrogen-bond donors (Lipinski definition) is 2. The lowest BCUT2D eigenvalue weighted by molar-refractivity contribution is 0.549. The van der Waals surface area contributed by atoms with Crippen LogP contribution in [0, 0.1) is 0 Å². The molecule has 0 spiro atoms. The molecule has 0 fully saturated rings. The Labute approximate surface area is 122 Å². The molecule has 0 atom stereocenters. The van der Waals surface area contributed by atoms with Crippen LogP contribution in [-0.2, 0) is 16.6 Å². The Morgan fingerprint density at radius 3 is 3.00 bits per heavy atom. The summed E-state index contributed by atoms with van der Waals surface area (Å²) in [7, 11) is -3.60. The molecule has 2 heterocycles. The zero-order valence-electron chi connectivity index (χ0n) is 11.1. The Morgan fingerprint density at radius 2 is 2.30 bits per heavy atom. The first-order chi connectivity index (χ1) is 9.62. The highest BCUT2D eigenvalue weighted by Gasteiger charge is 2.17. The zero-order chi connectivity index (χ0) is 14.4. The number of aryl methyl sites for hydroxylation is 1. The van der Waals surface area contributed by atoms with Gasteiger partial charge in [0.15, 0.2) is 5.13 Å². The molecule has 7 nitrogen and oxygen atoms in total. The van der Waals surface area contributed by atoms with Gasteiger partial charge in [-0.15, -0.1) is 11.3 Å². The molecule has 2 N–H and O–H groups in total. The zero-order valence-corrected chi connectivity index (χ0v) is 12.7. The topological polar surface area (TPSA) is 88.9 Å².